The number of benzene rings is 1. The van der Waals surface area contributed by atoms with Crippen molar-refractivity contribution in [3.63, 3.8) is 0 Å². The molecule has 19 heavy (non-hydrogen) atoms. The first kappa shape index (κ1) is 15.9. The van der Waals surface area contributed by atoms with Crippen molar-refractivity contribution < 1.29 is 13.9 Å². The lowest BCUT2D eigenvalue weighted by Gasteiger charge is -2.29. The first-order valence-electron chi connectivity index (χ1n) is 5.94. The van der Waals surface area contributed by atoms with Crippen molar-refractivity contribution in [1.82, 2.24) is 5.32 Å². The minimum atomic E-state index is -1.25. The number of esters is 1. The third-order valence-electron chi connectivity index (χ3n) is 2.75. The standard InChI is InChI=1S/C14H17BrFNO2/c1-4-8-17-14(3,13(18)19-5-2)11-9-10(15)6-7-12(11)16/h4,6-7,9,17H,1,5,8H2,2-3H3. The summed E-state index contributed by atoms with van der Waals surface area (Å²) in [4.78, 5) is 12.1. The predicted molar refractivity (Wildman–Crippen MR) is 76.3 cm³/mol. The Hall–Kier alpha value is -1.20. The van der Waals surface area contributed by atoms with E-state index in [4.69, 9.17) is 4.74 Å². The number of hydrogen-bond acceptors (Lipinski definition) is 3. The van der Waals surface area contributed by atoms with Gasteiger partial charge in [0, 0.05) is 16.6 Å². The molecule has 0 aliphatic heterocycles. The Morgan fingerprint density at radius 1 is 1.63 bits per heavy atom. The molecule has 1 unspecified atom stereocenters. The second-order valence-corrected chi connectivity index (χ2v) is 5.05. The fraction of sp³-hybridized carbons (Fsp3) is 0.357. The van der Waals surface area contributed by atoms with E-state index in [-0.39, 0.29) is 12.2 Å². The van der Waals surface area contributed by atoms with E-state index < -0.39 is 17.3 Å². The van der Waals surface area contributed by atoms with E-state index in [1.807, 2.05) is 0 Å². The summed E-state index contributed by atoms with van der Waals surface area (Å²) >= 11 is 3.28. The van der Waals surface area contributed by atoms with Crippen molar-refractivity contribution in [2.24, 2.45) is 0 Å². The number of halogens is 2. The maximum atomic E-state index is 14.0. The van der Waals surface area contributed by atoms with Crippen molar-refractivity contribution in [2.75, 3.05) is 13.2 Å². The summed E-state index contributed by atoms with van der Waals surface area (Å²) in [5.41, 5.74) is -1.01. The van der Waals surface area contributed by atoms with E-state index in [9.17, 15) is 9.18 Å². The van der Waals surface area contributed by atoms with Crippen molar-refractivity contribution in [3.05, 3.63) is 46.7 Å². The first-order valence-corrected chi connectivity index (χ1v) is 6.73. The summed E-state index contributed by atoms with van der Waals surface area (Å²) in [5, 5.41) is 2.96. The van der Waals surface area contributed by atoms with E-state index in [0.29, 0.717) is 11.0 Å². The molecule has 1 aromatic rings. The molecule has 5 heteroatoms. The molecular formula is C14H17BrFNO2. The van der Waals surface area contributed by atoms with Crippen molar-refractivity contribution in [2.45, 2.75) is 19.4 Å². The Balaban J connectivity index is 3.25. The van der Waals surface area contributed by atoms with Gasteiger partial charge in [0.2, 0.25) is 0 Å². The highest BCUT2D eigenvalue weighted by Crippen LogP contribution is 2.28. The highest BCUT2D eigenvalue weighted by Gasteiger charge is 2.38. The van der Waals surface area contributed by atoms with E-state index >= 15 is 0 Å². The molecule has 0 saturated carbocycles. The summed E-state index contributed by atoms with van der Waals surface area (Å²) < 4.78 is 19.7. The van der Waals surface area contributed by atoms with E-state index in [1.54, 1.807) is 32.1 Å². The molecule has 0 aliphatic carbocycles. The highest BCUT2D eigenvalue weighted by molar-refractivity contribution is 9.10. The van der Waals surface area contributed by atoms with Gasteiger partial charge in [-0.1, -0.05) is 22.0 Å². The topological polar surface area (TPSA) is 38.3 Å². The monoisotopic (exact) mass is 329 g/mol. The molecule has 0 aliphatic rings. The van der Waals surface area contributed by atoms with Crippen LogP contribution in [0.15, 0.2) is 35.3 Å². The van der Waals surface area contributed by atoms with Crippen LogP contribution in [0, 0.1) is 5.82 Å². The second-order valence-electron chi connectivity index (χ2n) is 4.14. The number of carbonyl (C=O) groups excluding carboxylic acids is 1. The van der Waals surface area contributed by atoms with Crippen LogP contribution in [0.1, 0.15) is 19.4 Å². The van der Waals surface area contributed by atoms with Gasteiger partial charge in [0.25, 0.3) is 0 Å². The first-order chi connectivity index (χ1) is 8.95. The van der Waals surface area contributed by atoms with Crippen LogP contribution in [0.4, 0.5) is 4.39 Å². The lowest BCUT2D eigenvalue weighted by molar-refractivity contribution is -0.151. The van der Waals surface area contributed by atoms with Crippen molar-refractivity contribution in [1.29, 1.82) is 0 Å². The second kappa shape index (κ2) is 6.82. The van der Waals surface area contributed by atoms with Gasteiger partial charge < -0.3 is 4.74 Å². The normalized spacial score (nSPS) is 13.7. The van der Waals surface area contributed by atoms with Crippen LogP contribution in [0.2, 0.25) is 0 Å². The lowest BCUT2D eigenvalue weighted by Crippen LogP contribution is -2.48. The lowest BCUT2D eigenvalue weighted by atomic mass is 9.91. The minimum absolute atomic E-state index is 0.236. The molecule has 0 amide bonds. The van der Waals surface area contributed by atoms with Crippen LogP contribution >= 0.6 is 15.9 Å². The summed E-state index contributed by atoms with van der Waals surface area (Å²) in [5.74, 6) is -0.982. The predicted octanol–water partition coefficient (Wildman–Crippen LogP) is 3.14. The van der Waals surface area contributed by atoms with Crippen molar-refractivity contribution in [3.8, 4) is 0 Å². The Kier molecular flexibility index (Phi) is 5.69. The molecule has 0 bridgehead atoms. The number of ether oxygens (including phenoxy) is 1. The quantitative estimate of drug-likeness (QED) is 0.643. The van der Waals surface area contributed by atoms with Crippen LogP contribution in [-0.2, 0) is 15.1 Å². The Bertz CT molecular complexity index is 479. The highest BCUT2D eigenvalue weighted by atomic mass is 79.9. The van der Waals surface area contributed by atoms with Gasteiger partial charge in [-0.3, -0.25) is 5.32 Å². The van der Waals surface area contributed by atoms with Crippen molar-refractivity contribution >= 4 is 21.9 Å². The van der Waals surface area contributed by atoms with E-state index in [0.717, 1.165) is 0 Å². The Morgan fingerprint density at radius 2 is 2.32 bits per heavy atom. The molecule has 0 fully saturated rings. The van der Waals surface area contributed by atoms with Gasteiger partial charge in [0.15, 0.2) is 0 Å². The fourth-order valence-corrected chi connectivity index (χ4v) is 2.07. The fourth-order valence-electron chi connectivity index (χ4n) is 1.71. The number of nitrogens with one attached hydrogen (secondary N) is 1. The van der Waals surface area contributed by atoms with Gasteiger partial charge in [-0.15, -0.1) is 6.58 Å². The van der Waals surface area contributed by atoms with Gasteiger partial charge in [0.1, 0.15) is 11.4 Å². The molecule has 104 valence electrons. The maximum Gasteiger partial charge on any atom is 0.330 e. The van der Waals surface area contributed by atoms with Gasteiger partial charge in [0.05, 0.1) is 6.61 Å². The smallest absolute Gasteiger partial charge is 0.330 e. The molecule has 0 aromatic heterocycles. The molecule has 1 atom stereocenters. The summed E-state index contributed by atoms with van der Waals surface area (Å²) in [6.45, 7) is 7.49. The molecule has 0 radical (unpaired) electrons. The van der Waals surface area contributed by atoms with E-state index in [1.165, 1.54) is 6.07 Å². The van der Waals surface area contributed by atoms with Gasteiger partial charge in [-0.2, -0.15) is 0 Å². The molecular weight excluding hydrogens is 313 g/mol. The number of rotatable bonds is 6. The molecule has 0 heterocycles. The van der Waals surface area contributed by atoms with Crippen LogP contribution in [0.3, 0.4) is 0 Å². The van der Waals surface area contributed by atoms with E-state index in [2.05, 4.69) is 27.8 Å². The number of hydrogen-bond donors (Lipinski definition) is 1. The maximum absolute atomic E-state index is 14.0. The van der Waals surface area contributed by atoms with Crippen LogP contribution in [0.5, 0.6) is 0 Å². The Morgan fingerprint density at radius 3 is 2.89 bits per heavy atom. The third-order valence-corrected chi connectivity index (χ3v) is 3.24. The average Bonchev–Trinajstić information content (AvgIpc) is 2.39. The molecule has 1 rings (SSSR count). The molecule has 0 spiro atoms. The van der Waals surface area contributed by atoms with Gasteiger partial charge in [-0.25, -0.2) is 9.18 Å². The number of carbonyl (C=O) groups is 1. The van der Waals surface area contributed by atoms with Crippen LogP contribution < -0.4 is 5.32 Å². The molecule has 1 aromatic carbocycles. The molecule has 1 N–H and O–H groups in total. The SMILES string of the molecule is C=CCNC(C)(C(=O)OCC)c1cc(Br)ccc1F. The van der Waals surface area contributed by atoms with Crippen LogP contribution in [-0.4, -0.2) is 19.1 Å². The summed E-state index contributed by atoms with van der Waals surface area (Å²) in [6, 6.07) is 4.47. The zero-order chi connectivity index (χ0) is 14.5. The Labute approximate surface area is 121 Å². The third kappa shape index (κ3) is 3.64. The average molecular weight is 330 g/mol. The summed E-state index contributed by atoms with van der Waals surface area (Å²) in [6.07, 6.45) is 1.60. The largest absolute Gasteiger partial charge is 0.464 e. The zero-order valence-electron chi connectivity index (χ0n) is 11.0. The molecule has 0 saturated heterocycles. The van der Waals surface area contributed by atoms with Gasteiger partial charge in [-0.05, 0) is 32.0 Å². The van der Waals surface area contributed by atoms with Gasteiger partial charge >= 0.3 is 5.97 Å². The minimum Gasteiger partial charge on any atom is -0.464 e. The van der Waals surface area contributed by atoms with Crippen LogP contribution in [0.25, 0.3) is 0 Å². The zero-order valence-corrected chi connectivity index (χ0v) is 12.6. The summed E-state index contributed by atoms with van der Waals surface area (Å²) in [7, 11) is 0. The molecule has 3 nitrogen and oxygen atoms in total.